The zero-order valence-corrected chi connectivity index (χ0v) is 14.0. The fourth-order valence-electron chi connectivity index (χ4n) is 2.52. The topological polar surface area (TPSA) is 89.8 Å². The molecule has 2 heterocycles. The van der Waals surface area contributed by atoms with Crippen LogP contribution >= 0.6 is 11.6 Å². The summed E-state index contributed by atoms with van der Waals surface area (Å²) in [4.78, 5) is 12.4. The van der Waals surface area contributed by atoms with Crippen LogP contribution in [-0.2, 0) is 4.79 Å². The number of benzene rings is 2. The third kappa shape index (κ3) is 2.98. The van der Waals surface area contributed by atoms with Gasteiger partial charge in [0.1, 0.15) is 11.6 Å². The van der Waals surface area contributed by atoms with Gasteiger partial charge in [0.15, 0.2) is 23.0 Å². The number of fused-ring (bicyclic) bond motifs is 2. The van der Waals surface area contributed by atoms with Crippen LogP contribution in [0.3, 0.4) is 0 Å². The molecule has 2 aliphatic rings. The highest BCUT2D eigenvalue weighted by Gasteiger charge is 2.18. The number of carbonyl (C=O) groups is 1. The normalized spacial score (nSPS) is 14.1. The SMILES string of the molecule is N#C/C(=C\c1cc2c(cc1Cl)OCO2)C(=O)Nc1ccc2c(c1)OCO2. The molecule has 8 heteroatoms. The third-order valence-corrected chi connectivity index (χ3v) is 4.11. The molecule has 1 N–H and O–H groups in total. The standard InChI is InChI=1S/C18H11ClN2O5/c19-13-6-17-15(24-9-26-17)4-10(13)3-11(7-20)18(22)21-12-1-2-14-16(5-12)25-8-23-14/h1-6H,8-9H2,(H,21,22)/b11-3+. The molecule has 26 heavy (non-hydrogen) atoms. The van der Waals surface area contributed by atoms with Crippen molar-refractivity contribution in [2.45, 2.75) is 0 Å². The highest BCUT2D eigenvalue weighted by molar-refractivity contribution is 6.32. The maximum Gasteiger partial charge on any atom is 0.266 e. The van der Waals surface area contributed by atoms with Crippen LogP contribution in [0.1, 0.15) is 5.56 Å². The van der Waals surface area contributed by atoms with Gasteiger partial charge in [-0.15, -0.1) is 0 Å². The molecular weight excluding hydrogens is 360 g/mol. The number of anilines is 1. The van der Waals surface area contributed by atoms with Crippen molar-refractivity contribution in [1.29, 1.82) is 5.26 Å². The lowest BCUT2D eigenvalue weighted by Gasteiger charge is -2.06. The summed E-state index contributed by atoms with van der Waals surface area (Å²) in [6.07, 6.45) is 1.40. The fraction of sp³-hybridized carbons (Fsp3) is 0.111. The predicted molar refractivity (Wildman–Crippen MR) is 92.4 cm³/mol. The minimum absolute atomic E-state index is 0.106. The Kier molecular flexibility index (Phi) is 4.03. The first kappa shape index (κ1) is 16.1. The maximum absolute atomic E-state index is 12.4. The second-order valence-electron chi connectivity index (χ2n) is 5.42. The molecule has 2 aromatic carbocycles. The van der Waals surface area contributed by atoms with Gasteiger partial charge in [0.05, 0.1) is 5.02 Å². The van der Waals surface area contributed by atoms with E-state index in [4.69, 9.17) is 30.5 Å². The third-order valence-electron chi connectivity index (χ3n) is 3.79. The molecule has 0 aromatic heterocycles. The van der Waals surface area contributed by atoms with Gasteiger partial charge in [-0.1, -0.05) is 11.6 Å². The molecule has 2 aromatic rings. The monoisotopic (exact) mass is 370 g/mol. The summed E-state index contributed by atoms with van der Waals surface area (Å²) >= 11 is 6.19. The number of nitrogens with one attached hydrogen (secondary N) is 1. The van der Waals surface area contributed by atoms with Crippen molar-refractivity contribution in [1.82, 2.24) is 0 Å². The Bertz CT molecular complexity index is 980. The zero-order valence-electron chi connectivity index (χ0n) is 13.2. The van der Waals surface area contributed by atoms with Crippen LogP contribution in [0.5, 0.6) is 23.0 Å². The lowest BCUT2D eigenvalue weighted by Crippen LogP contribution is -2.13. The van der Waals surface area contributed by atoms with Crippen molar-refractivity contribution in [3.05, 3.63) is 46.5 Å². The molecule has 0 fully saturated rings. The Labute approximate surface area is 153 Å². The maximum atomic E-state index is 12.4. The Hall–Kier alpha value is -3.37. The van der Waals surface area contributed by atoms with E-state index in [1.165, 1.54) is 6.08 Å². The highest BCUT2D eigenvalue weighted by atomic mass is 35.5. The molecule has 0 unspecified atom stereocenters. The van der Waals surface area contributed by atoms with Crippen molar-refractivity contribution in [2.24, 2.45) is 0 Å². The number of amides is 1. The quantitative estimate of drug-likeness (QED) is 0.658. The Morgan fingerprint density at radius 1 is 1.04 bits per heavy atom. The molecule has 2 aliphatic heterocycles. The summed E-state index contributed by atoms with van der Waals surface area (Å²) in [7, 11) is 0. The van der Waals surface area contributed by atoms with Crippen LogP contribution in [0, 0.1) is 11.3 Å². The smallest absolute Gasteiger partial charge is 0.266 e. The van der Waals surface area contributed by atoms with E-state index in [0.29, 0.717) is 39.3 Å². The lowest BCUT2D eigenvalue weighted by atomic mass is 10.1. The summed E-state index contributed by atoms with van der Waals surface area (Å²) in [5.74, 6) is 1.60. The number of halogens is 1. The molecule has 130 valence electrons. The van der Waals surface area contributed by atoms with Gasteiger partial charge in [0.2, 0.25) is 13.6 Å². The van der Waals surface area contributed by atoms with Gasteiger partial charge < -0.3 is 24.3 Å². The minimum Gasteiger partial charge on any atom is -0.454 e. The van der Waals surface area contributed by atoms with Crippen LogP contribution in [-0.4, -0.2) is 19.5 Å². The Morgan fingerprint density at radius 2 is 1.69 bits per heavy atom. The number of hydrogen-bond donors (Lipinski definition) is 1. The second kappa shape index (κ2) is 6.50. The number of ether oxygens (including phenoxy) is 4. The van der Waals surface area contributed by atoms with E-state index in [2.05, 4.69) is 5.32 Å². The molecule has 4 rings (SSSR count). The summed E-state index contributed by atoms with van der Waals surface area (Å²) < 4.78 is 21.0. The predicted octanol–water partition coefficient (Wildman–Crippen LogP) is 3.34. The van der Waals surface area contributed by atoms with Crippen LogP contribution < -0.4 is 24.3 Å². The van der Waals surface area contributed by atoms with Crippen molar-refractivity contribution in [2.75, 3.05) is 18.9 Å². The first-order valence-corrected chi connectivity index (χ1v) is 7.94. The molecule has 0 saturated heterocycles. The molecule has 0 saturated carbocycles. The number of hydrogen-bond acceptors (Lipinski definition) is 6. The lowest BCUT2D eigenvalue weighted by molar-refractivity contribution is -0.112. The van der Waals surface area contributed by atoms with Gasteiger partial charge in [0.25, 0.3) is 5.91 Å². The molecular formula is C18H11ClN2O5. The molecule has 0 radical (unpaired) electrons. The van der Waals surface area contributed by atoms with E-state index in [0.717, 1.165) is 0 Å². The Balaban J connectivity index is 1.58. The van der Waals surface area contributed by atoms with Gasteiger partial charge in [-0.3, -0.25) is 4.79 Å². The van der Waals surface area contributed by atoms with Gasteiger partial charge in [-0.2, -0.15) is 5.26 Å². The van der Waals surface area contributed by atoms with Gasteiger partial charge >= 0.3 is 0 Å². The summed E-state index contributed by atoms with van der Waals surface area (Å²) in [5.41, 5.74) is 0.855. The van der Waals surface area contributed by atoms with E-state index >= 15 is 0 Å². The van der Waals surface area contributed by atoms with Crippen molar-refractivity contribution in [3.63, 3.8) is 0 Å². The number of rotatable bonds is 3. The molecule has 7 nitrogen and oxygen atoms in total. The fourth-order valence-corrected chi connectivity index (χ4v) is 2.73. The van der Waals surface area contributed by atoms with Crippen molar-refractivity contribution in [3.8, 4) is 29.1 Å². The molecule has 0 atom stereocenters. The summed E-state index contributed by atoms with van der Waals surface area (Å²) in [6.45, 7) is 0.243. The highest BCUT2D eigenvalue weighted by Crippen LogP contribution is 2.38. The van der Waals surface area contributed by atoms with Gasteiger partial charge in [0, 0.05) is 17.8 Å². The van der Waals surface area contributed by atoms with E-state index in [9.17, 15) is 10.1 Å². The van der Waals surface area contributed by atoms with Crippen LogP contribution in [0.25, 0.3) is 6.08 Å². The average Bonchev–Trinajstić information content (AvgIpc) is 3.27. The number of nitriles is 1. The van der Waals surface area contributed by atoms with Crippen LogP contribution in [0.4, 0.5) is 5.69 Å². The van der Waals surface area contributed by atoms with Crippen LogP contribution in [0.2, 0.25) is 5.02 Å². The summed E-state index contributed by atoms with van der Waals surface area (Å²) in [5, 5.41) is 12.3. The van der Waals surface area contributed by atoms with Crippen molar-refractivity contribution < 1.29 is 23.7 Å². The molecule has 1 amide bonds. The van der Waals surface area contributed by atoms with E-state index < -0.39 is 5.91 Å². The van der Waals surface area contributed by atoms with E-state index in [1.807, 2.05) is 6.07 Å². The van der Waals surface area contributed by atoms with Crippen molar-refractivity contribution >= 4 is 29.3 Å². The number of carbonyl (C=O) groups excluding carboxylic acids is 1. The average molecular weight is 371 g/mol. The minimum atomic E-state index is -0.569. The van der Waals surface area contributed by atoms with Crippen LogP contribution in [0.15, 0.2) is 35.9 Å². The van der Waals surface area contributed by atoms with Gasteiger partial charge in [-0.25, -0.2) is 0 Å². The first-order chi connectivity index (χ1) is 12.6. The molecule has 0 aliphatic carbocycles. The zero-order chi connectivity index (χ0) is 18.1. The van der Waals surface area contributed by atoms with E-state index in [1.54, 1.807) is 30.3 Å². The summed E-state index contributed by atoms with van der Waals surface area (Å²) in [6, 6.07) is 10.1. The van der Waals surface area contributed by atoms with Gasteiger partial charge in [-0.05, 0) is 29.8 Å². The molecule has 0 spiro atoms. The first-order valence-electron chi connectivity index (χ1n) is 7.56. The second-order valence-corrected chi connectivity index (χ2v) is 5.83. The molecule has 0 bridgehead atoms. The Morgan fingerprint density at radius 3 is 2.42 bits per heavy atom. The number of nitrogens with zero attached hydrogens (tertiary/aromatic N) is 1. The largest absolute Gasteiger partial charge is 0.454 e. The van der Waals surface area contributed by atoms with E-state index in [-0.39, 0.29) is 19.2 Å².